The van der Waals surface area contributed by atoms with E-state index in [2.05, 4.69) is 4.74 Å². The van der Waals surface area contributed by atoms with E-state index in [9.17, 15) is 24.4 Å². The molecule has 0 bridgehead atoms. The quantitative estimate of drug-likeness (QED) is 0.249. The van der Waals surface area contributed by atoms with E-state index < -0.39 is 62.1 Å². The van der Waals surface area contributed by atoms with Crippen molar-refractivity contribution in [2.75, 3.05) is 6.61 Å². The lowest BCUT2D eigenvalue weighted by molar-refractivity contribution is -0.169. The molecular formula is C26H25Cl2FN3O9P. The minimum Gasteiger partial charge on any atom is -0.575 e. The molecule has 224 valence electrons. The number of ether oxygens (including phenoxy) is 3. The second-order valence-electron chi connectivity index (χ2n) is 9.35. The average Bonchev–Trinajstić information content (AvgIpc) is 3.17. The van der Waals surface area contributed by atoms with Crippen LogP contribution in [0.5, 0.6) is 11.5 Å². The summed E-state index contributed by atoms with van der Waals surface area (Å²) in [5.41, 5.74) is -3.34. The molecule has 42 heavy (non-hydrogen) atoms. The Bertz CT molecular complexity index is 1590. The van der Waals surface area contributed by atoms with Crippen LogP contribution in [0.3, 0.4) is 0 Å². The highest BCUT2D eigenvalue weighted by atomic mass is 35.5. The monoisotopic (exact) mass is 643 g/mol. The molecule has 0 radical (unpaired) electrons. The Morgan fingerprint density at radius 1 is 1.26 bits per heavy atom. The Hall–Kier alpha value is -3.32. The predicted octanol–water partition coefficient (Wildman–Crippen LogP) is 3.28. The number of esters is 1. The second-order valence-corrected chi connectivity index (χ2v) is 11.0. The van der Waals surface area contributed by atoms with Gasteiger partial charge < -0.3 is 24.2 Å². The van der Waals surface area contributed by atoms with Crippen LogP contribution in [0.2, 0.25) is 10.0 Å². The summed E-state index contributed by atoms with van der Waals surface area (Å²) in [6.45, 7) is 1.90. The van der Waals surface area contributed by atoms with Crippen molar-refractivity contribution in [2.45, 2.75) is 50.6 Å². The molecule has 0 aliphatic carbocycles. The summed E-state index contributed by atoms with van der Waals surface area (Å²) < 4.78 is 41.9. The number of nitrogens with one attached hydrogen (secondary N) is 1. The number of hydrogen-bond donors (Lipinski definition) is 2. The molecule has 1 saturated heterocycles. The van der Waals surface area contributed by atoms with E-state index in [4.69, 9.17) is 41.9 Å². The van der Waals surface area contributed by atoms with Gasteiger partial charge in [0.05, 0.1) is 5.02 Å². The van der Waals surface area contributed by atoms with Crippen molar-refractivity contribution in [2.24, 2.45) is 4.74 Å². The topological polar surface area (TPSA) is 164 Å². The molecule has 3 aromatic rings. The standard InChI is InChI=1S/C26H25Cl2FN3O9P/c1-14(23(35)39-12-15-6-4-3-5-7-15)31-42(37)41-17-9-8-16(27)20(28)21(17)38-13-18-22(34)26(2,29)24(40-18)32-11-10-19(33)30-25(32)36/h3-11,14,18,22,24,34H,12-13H2,1-2H3,(H,30,33,36)/t14-,18+,22+,24+,26+/m0/s1. The number of rotatable bonds is 10. The Kier molecular flexibility index (Phi) is 10.0. The third kappa shape index (κ3) is 7.17. The van der Waals surface area contributed by atoms with Crippen molar-refractivity contribution >= 4 is 37.3 Å². The third-order valence-electron chi connectivity index (χ3n) is 6.24. The minimum atomic E-state index is -2.84. The molecule has 0 saturated carbocycles. The molecule has 0 spiro atoms. The number of aliphatic hydroxyl groups is 1. The smallest absolute Gasteiger partial charge is 0.395 e. The van der Waals surface area contributed by atoms with Gasteiger partial charge in [-0.05, 0) is 31.5 Å². The van der Waals surface area contributed by atoms with Crippen molar-refractivity contribution in [3.05, 3.63) is 91.2 Å². The number of aliphatic hydroxyl groups excluding tert-OH is 1. The predicted molar refractivity (Wildman–Crippen MR) is 148 cm³/mol. The zero-order valence-electron chi connectivity index (χ0n) is 22.1. The maximum atomic E-state index is 15.5. The van der Waals surface area contributed by atoms with Gasteiger partial charge in [0.1, 0.15) is 30.4 Å². The SMILES string of the molecule is C[C@H](/N=[P+](\[O-])Oc1ccc(Cl)c(Cl)c1OC[C@H]1O[C@@H](n2ccc(=O)[nH]c2=O)[C@](C)(F)[C@@H]1O)C(=O)OCc1ccccc1. The molecule has 16 heteroatoms. The van der Waals surface area contributed by atoms with Gasteiger partial charge in [-0.3, -0.25) is 18.9 Å². The molecule has 2 aromatic carbocycles. The molecule has 2 heterocycles. The zero-order chi connectivity index (χ0) is 30.6. The lowest BCUT2D eigenvalue weighted by atomic mass is 9.98. The normalized spacial score (nSPS) is 22.9. The molecule has 6 atom stereocenters. The number of alkyl halides is 1. The molecular weight excluding hydrogens is 619 g/mol. The summed E-state index contributed by atoms with van der Waals surface area (Å²) in [5.74, 6) is -1.12. The average molecular weight is 644 g/mol. The molecule has 1 aromatic heterocycles. The van der Waals surface area contributed by atoms with Crippen LogP contribution in [0.15, 0.2) is 69.1 Å². The van der Waals surface area contributed by atoms with Gasteiger partial charge in [0.25, 0.3) is 5.56 Å². The summed E-state index contributed by atoms with van der Waals surface area (Å²) >= 11 is 12.4. The fraction of sp³-hybridized carbons (Fsp3) is 0.346. The zero-order valence-corrected chi connectivity index (χ0v) is 24.5. The Morgan fingerprint density at radius 2 is 1.98 bits per heavy atom. The van der Waals surface area contributed by atoms with Gasteiger partial charge >= 0.3 is 19.8 Å². The van der Waals surface area contributed by atoms with Gasteiger partial charge in [-0.15, -0.1) is 0 Å². The Balaban J connectivity index is 1.46. The maximum absolute atomic E-state index is 15.5. The highest BCUT2D eigenvalue weighted by Crippen LogP contribution is 2.44. The molecule has 12 nitrogen and oxygen atoms in total. The third-order valence-corrected chi connectivity index (χ3v) is 7.91. The van der Waals surface area contributed by atoms with Gasteiger partial charge in [0, 0.05) is 12.3 Å². The van der Waals surface area contributed by atoms with Crippen molar-refractivity contribution in [1.82, 2.24) is 9.55 Å². The van der Waals surface area contributed by atoms with E-state index >= 15 is 4.39 Å². The van der Waals surface area contributed by atoms with E-state index in [0.717, 1.165) is 29.3 Å². The van der Waals surface area contributed by atoms with Crippen LogP contribution in [-0.4, -0.2) is 51.2 Å². The van der Waals surface area contributed by atoms with E-state index in [1.807, 2.05) is 11.1 Å². The van der Waals surface area contributed by atoms with E-state index in [-0.39, 0.29) is 28.2 Å². The number of hydrogen-bond acceptors (Lipinski definition) is 10. The van der Waals surface area contributed by atoms with Gasteiger partial charge in [-0.2, -0.15) is 0 Å². The van der Waals surface area contributed by atoms with E-state index in [1.54, 1.807) is 24.3 Å². The van der Waals surface area contributed by atoms with E-state index in [1.165, 1.54) is 19.1 Å². The largest absolute Gasteiger partial charge is 0.575 e. The molecule has 0 amide bonds. The van der Waals surface area contributed by atoms with Gasteiger partial charge in [0.15, 0.2) is 23.7 Å². The van der Waals surface area contributed by atoms with Crippen LogP contribution in [0.25, 0.3) is 0 Å². The maximum Gasteiger partial charge on any atom is 0.395 e. The van der Waals surface area contributed by atoms with Crippen molar-refractivity contribution in [3.63, 3.8) is 0 Å². The lowest BCUT2D eigenvalue weighted by Gasteiger charge is -2.24. The first-order valence-corrected chi connectivity index (χ1v) is 14.3. The molecule has 1 fully saturated rings. The summed E-state index contributed by atoms with van der Waals surface area (Å²) in [7, 11) is -2.84. The van der Waals surface area contributed by atoms with Crippen LogP contribution < -0.4 is 25.4 Å². The van der Waals surface area contributed by atoms with Gasteiger partial charge in [0.2, 0.25) is 5.75 Å². The van der Waals surface area contributed by atoms with Gasteiger partial charge in [-0.1, -0.05) is 58.3 Å². The van der Waals surface area contributed by atoms with Crippen molar-refractivity contribution < 1.29 is 37.9 Å². The summed E-state index contributed by atoms with van der Waals surface area (Å²) in [5, 5.41) is 10.5. The number of H-pyrrole nitrogens is 1. The summed E-state index contributed by atoms with van der Waals surface area (Å²) in [6, 6.07) is 11.4. The number of aromatic nitrogens is 2. The number of aromatic amines is 1. The molecule has 4 rings (SSSR count). The fourth-order valence-corrected chi connectivity index (χ4v) is 5.09. The molecule has 2 N–H and O–H groups in total. The number of carbonyl (C=O) groups is 1. The van der Waals surface area contributed by atoms with Crippen molar-refractivity contribution in [1.29, 1.82) is 0 Å². The van der Waals surface area contributed by atoms with Crippen LogP contribution >= 0.6 is 31.4 Å². The summed E-state index contributed by atoms with van der Waals surface area (Å²) in [6.07, 6.45) is -3.67. The van der Waals surface area contributed by atoms with Crippen molar-refractivity contribution in [3.8, 4) is 11.5 Å². The minimum absolute atomic E-state index is 0.00662. The highest BCUT2D eigenvalue weighted by Gasteiger charge is 2.55. The first-order valence-electron chi connectivity index (χ1n) is 12.4. The first-order chi connectivity index (χ1) is 19.9. The number of halogens is 3. The summed E-state index contributed by atoms with van der Waals surface area (Å²) in [4.78, 5) is 50.5. The van der Waals surface area contributed by atoms with Crippen LogP contribution in [0.4, 0.5) is 4.39 Å². The number of carbonyl (C=O) groups excluding carboxylic acids is 1. The molecule has 1 unspecified atom stereocenters. The Labute approximate surface area is 249 Å². The van der Waals surface area contributed by atoms with Crippen LogP contribution in [-0.2, 0) is 20.9 Å². The Morgan fingerprint density at radius 3 is 2.67 bits per heavy atom. The number of nitrogens with zero attached hydrogens (tertiary/aromatic N) is 2. The fourth-order valence-electron chi connectivity index (χ4n) is 3.99. The van der Waals surface area contributed by atoms with Gasteiger partial charge in [-0.25, -0.2) is 14.0 Å². The highest BCUT2D eigenvalue weighted by molar-refractivity contribution is 7.34. The molecule has 1 aliphatic rings. The van der Waals surface area contributed by atoms with Crippen LogP contribution in [0, 0.1) is 0 Å². The number of benzene rings is 2. The molecule has 1 aliphatic heterocycles. The van der Waals surface area contributed by atoms with E-state index in [0.29, 0.717) is 0 Å². The lowest BCUT2D eigenvalue weighted by Crippen LogP contribution is -2.43. The first kappa shape index (κ1) is 31.6. The second kappa shape index (κ2) is 13.3. The van der Waals surface area contributed by atoms with Crippen LogP contribution in [0.1, 0.15) is 25.6 Å².